The topological polar surface area (TPSA) is 75.3 Å². The Bertz CT molecular complexity index is 1120. The number of nitrogens with one attached hydrogen (secondary N) is 2. The molecule has 5 nitrogen and oxygen atoms in total. The van der Waals surface area contributed by atoms with Gasteiger partial charge >= 0.3 is 0 Å². The van der Waals surface area contributed by atoms with Gasteiger partial charge in [0.25, 0.3) is 10.0 Å². The Morgan fingerprint density at radius 1 is 0.862 bits per heavy atom. The fraction of sp³-hybridized carbons (Fsp3) is 0.0952. The van der Waals surface area contributed by atoms with Crippen molar-refractivity contribution < 1.29 is 13.2 Å². The smallest absolute Gasteiger partial charge is 0.262 e. The first kappa shape index (κ1) is 21.3. The molecule has 0 spiro atoms. The summed E-state index contributed by atoms with van der Waals surface area (Å²) in [7, 11) is -3.84. The van der Waals surface area contributed by atoms with Gasteiger partial charge in [-0.2, -0.15) is 0 Å². The van der Waals surface area contributed by atoms with Gasteiger partial charge in [-0.25, -0.2) is 8.42 Å². The summed E-state index contributed by atoms with van der Waals surface area (Å²) in [5.41, 5.74) is 0.969. The van der Waals surface area contributed by atoms with Crippen molar-refractivity contribution in [1.29, 1.82) is 0 Å². The normalized spacial score (nSPS) is 11.1. The molecule has 0 aliphatic heterocycles. The van der Waals surface area contributed by atoms with Crippen LogP contribution in [0.25, 0.3) is 0 Å². The zero-order chi connectivity index (χ0) is 20.9. The van der Waals surface area contributed by atoms with E-state index in [1.807, 2.05) is 48.7 Å². The van der Waals surface area contributed by atoms with Gasteiger partial charge in [-0.3, -0.25) is 9.52 Å². The zero-order valence-electron chi connectivity index (χ0n) is 15.9. The van der Waals surface area contributed by atoms with E-state index in [4.69, 9.17) is 0 Å². The lowest BCUT2D eigenvalue weighted by atomic mass is 10.3. The number of carbonyl (C=O) groups is 1. The largest absolute Gasteiger partial charge is 0.325 e. The first-order valence-electron chi connectivity index (χ1n) is 8.69. The number of carbonyl (C=O) groups excluding carboxylic acids is 1. The Kier molecular flexibility index (Phi) is 6.89. The van der Waals surface area contributed by atoms with E-state index >= 15 is 0 Å². The highest BCUT2D eigenvalue weighted by molar-refractivity contribution is 7.99. The van der Waals surface area contributed by atoms with Gasteiger partial charge in [0, 0.05) is 21.6 Å². The van der Waals surface area contributed by atoms with Crippen molar-refractivity contribution in [1.82, 2.24) is 0 Å². The van der Waals surface area contributed by atoms with E-state index < -0.39 is 10.0 Å². The van der Waals surface area contributed by atoms with E-state index in [1.54, 1.807) is 18.2 Å². The average molecular weight is 445 g/mol. The molecular formula is C21H20N2O3S3. The number of amides is 1. The third-order valence-corrected chi connectivity index (χ3v) is 7.14. The Labute approximate surface area is 179 Å². The molecule has 0 saturated heterocycles. The molecule has 0 bridgehead atoms. The lowest BCUT2D eigenvalue weighted by Crippen LogP contribution is -2.15. The Morgan fingerprint density at radius 3 is 2.24 bits per heavy atom. The molecule has 150 valence electrons. The maximum absolute atomic E-state index is 13.0. The molecule has 3 aromatic rings. The Balaban J connectivity index is 1.91. The molecule has 0 heterocycles. The molecule has 3 aromatic carbocycles. The standard InChI is InChI=1S/C21H20N2O3S3/c1-15(24)22-19-14-17(12-13-20(19)27-2)29(25,26)23-18-10-6-7-11-21(18)28-16-8-4-3-5-9-16/h3-14,23H,1-2H3,(H,22,24). The van der Waals surface area contributed by atoms with E-state index in [9.17, 15) is 13.2 Å². The minimum atomic E-state index is -3.84. The van der Waals surface area contributed by atoms with Gasteiger partial charge < -0.3 is 5.32 Å². The predicted octanol–water partition coefficient (Wildman–Crippen LogP) is 5.32. The number of anilines is 2. The van der Waals surface area contributed by atoms with E-state index in [0.29, 0.717) is 11.4 Å². The van der Waals surface area contributed by atoms with Crippen molar-refractivity contribution >= 4 is 50.8 Å². The minimum Gasteiger partial charge on any atom is -0.325 e. The van der Waals surface area contributed by atoms with Crippen molar-refractivity contribution in [2.24, 2.45) is 0 Å². The second-order valence-corrected chi connectivity index (χ2v) is 9.71. The molecule has 0 saturated carbocycles. The third kappa shape index (κ3) is 5.56. The zero-order valence-corrected chi connectivity index (χ0v) is 18.3. The maximum Gasteiger partial charge on any atom is 0.262 e. The number of hydrogen-bond acceptors (Lipinski definition) is 5. The van der Waals surface area contributed by atoms with Crippen LogP contribution < -0.4 is 10.0 Å². The molecule has 0 fully saturated rings. The van der Waals surface area contributed by atoms with Crippen molar-refractivity contribution in [2.75, 3.05) is 16.3 Å². The second-order valence-electron chi connectivity index (χ2n) is 6.06. The van der Waals surface area contributed by atoms with Crippen LogP contribution in [-0.2, 0) is 14.8 Å². The molecular weight excluding hydrogens is 424 g/mol. The van der Waals surface area contributed by atoms with Gasteiger partial charge in [0.1, 0.15) is 0 Å². The van der Waals surface area contributed by atoms with Crippen molar-refractivity contribution in [3.8, 4) is 0 Å². The van der Waals surface area contributed by atoms with Gasteiger partial charge in [0.05, 0.1) is 16.3 Å². The first-order chi connectivity index (χ1) is 13.9. The summed E-state index contributed by atoms with van der Waals surface area (Å²) in [6, 6.07) is 21.7. The third-order valence-electron chi connectivity index (χ3n) is 3.89. The van der Waals surface area contributed by atoms with Crippen LogP contribution in [0.15, 0.2) is 92.4 Å². The molecule has 0 aromatic heterocycles. The van der Waals surface area contributed by atoms with Gasteiger partial charge in [-0.05, 0) is 48.7 Å². The fourth-order valence-corrected chi connectivity index (χ4v) is 5.23. The highest BCUT2D eigenvalue weighted by atomic mass is 32.2. The summed E-state index contributed by atoms with van der Waals surface area (Å²) in [6.45, 7) is 1.39. The van der Waals surface area contributed by atoms with Crippen LogP contribution in [0.3, 0.4) is 0 Å². The summed E-state index contributed by atoms with van der Waals surface area (Å²) in [5, 5.41) is 2.69. The first-order valence-corrected chi connectivity index (χ1v) is 12.2. The number of rotatable bonds is 7. The molecule has 0 aliphatic rings. The number of sulfonamides is 1. The molecule has 0 radical (unpaired) electrons. The number of benzene rings is 3. The molecule has 0 aliphatic carbocycles. The Hall–Kier alpha value is -2.42. The van der Waals surface area contributed by atoms with Gasteiger partial charge in [-0.1, -0.05) is 42.1 Å². The van der Waals surface area contributed by atoms with Crippen LogP contribution in [0.5, 0.6) is 0 Å². The average Bonchev–Trinajstić information content (AvgIpc) is 2.69. The van der Waals surface area contributed by atoms with Crippen molar-refractivity contribution in [3.63, 3.8) is 0 Å². The lowest BCUT2D eigenvalue weighted by Gasteiger charge is -2.14. The summed E-state index contributed by atoms with van der Waals surface area (Å²) >= 11 is 2.91. The summed E-state index contributed by atoms with van der Waals surface area (Å²) < 4.78 is 28.7. The molecule has 29 heavy (non-hydrogen) atoms. The molecule has 0 unspecified atom stereocenters. The summed E-state index contributed by atoms with van der Waals surface area (Å²) in [4.78, 5) is 14.1. The molecule has 0 atom stereocenters. The van der Waals surface area contributed by atoms with Crippen molar-refractivity contribution in [2.45, 2.75) is 26.5 Å². The van der Waals surface area contributed by atoms with Gasteiger partial charge in [0.2, 0.25) is 5.91 Å². The SMILES string of the molecule is CSc1ccc(S(=O)(=O)Nc2ccccc2Sc2ccccc2)cc1NC(C)=O. The van der Waals surface area contributed by atoms with E-state index in [2.05, 4.69) is 10.0 Å². The fourth-order valence-electron chi connectivity index (χ4n) is 2.60. The number of para-hydroxylation sites is 1. The summed E-state index contributed by atoms with van der Waals surface area (Å²) in [5.74, 6) is -0.257. The van der Waals surface area contributed by atoms with E-state index in [0.717, 1.165) is 14.7 Å². The van der Waals surface area contributed by atoms with E-state index in [-0.39, 0.29) is 10.8 Å². The lowest BCUT2D eigenvalue weighted by molar-refractivity contribution is -0.114. The van der Waals surface area contributed by atoms with Crippen LogP contribution in [0.2, 0.25) is 0 Å². The molecule has 8 heteroatoms. The Morgan fingerprint density at radius 2 is 1.55 bits per heavy atom. The summed E-state index contributed by atoms with van der Waals surface area (Å²) in [6.07, 6.45) is 1.87. The highest BCUT2D eigenvalue weighted by Crippen LogP contribution is 2.35. The van der Waals surface area contributed by atoms with Crippen LogP contribution >= 0.6 is 23.5 Å². The van der Waals surface area contributed by atoms with Crippen LogP contribution in [0.4, 0.5) is 11.4 Å². The maximum atomic E-state index is 13.0. The van der Waals surface area contributed by atoms with E-state index in [1.165, 1.54) is 42.6 Å². The minimum absolute atomic E-state index is 0.0820. The van der Waals surface area contributed by atoms with Crippen molar-refractivity contribution in [3.05, 3.63) is 72.8 Å². The molecule has 1 amide bonds. The monoisotopic (exact) mass is 444 g/mol. The molecule has 3 rings (SSSR count). The number of hydrogen-bond donors (Lipinski definition) is 2. The van der Waals surface area contributed by atoms with Gasteiger partial charge in [-0.15, -0.1) is 11.8 Å². The predicted molar refractivity (Wildman–Crippen MR) is 120 cm³/mol. The van der Waals surface area contributed by atoms with Crippen LogP contribution in [0.1, 0.15) is 6.92 Å². The highest BCUT2D eigenvalue weighted by Gasteiger charge is 2.18. The van der Waals surface area contributed by atoms with Gasteiger partial charge in [0.15, 0.2) is 0 Å². The quantitative estimate of drug-likeness (QED) is 0.483. The molecule has 2 N–H and O–H groups in total. The number of thioether (sulfide) groups is 1. The van der Waals surface area contributed by atoms with Crippen LogP contribution in [-0.4, -0.2) is 20.6 Å². The van der Waals surface area contributed by atoms with Crippen LogP contribution in [0, 0.1) is 0 Å². The second kappa shape index (κ2) is 9.39.